The minimum Gasteiger partial charge on any atom is -0.506 e. The molecule has 0 saturated heterocycles. The zero-order chi connectivity index (χ0) is 24.6. The zero-order valence-electron chi connectivity index (χ0n) is 18.8. The summed E-state index contributed by atoms with van der Waals surface area (Å²) in [6.45, 7) is 6.17. The van der Waals surface area contributed by atoms with Crippen molar-refractivity contribution in [3.05, 3.63) is 38.4 Å². The van der Waals surface area contributed by atoms with Gasteiger partial charge in [0.15, 0.2) is 5.13 Å². The zero-order valence-corrected chi connectivity index (χ0v) is 22.0. The maximum Gasteiger partial charge on any atom is 0.410 e. The van der Waals surface area contributed by atoms with Crippen molar-refractivity contribution in [1.29, 1.82) is 0 Å². The standard InChI is InChI=1S/C19H24N4O4S2.C2H3BrO/c1-19(2,3)27-18(26)23(9-12-10-28-16(20-4)21-12)8-7-11-5-6-13(24)14-15(11)29-17(25)22-14;3-1-2-4/h5-6,10,24H,7-9H2,1-4H3,(H,20,21)(H,22,25);2H,1H2. The maximum atomic E-state index is 12.8. The van der Waals surface area contributed by atoms with Gasteiger partial charge in [-0.3, -0.25) is 4.79 Å². The Morgan fingerprint density at radius 2 is 2.09 bits per heavy atom. The van der Waals surface area contributed by atoms with Gasteiger partial charge in [0.2, 0.25) is 0 Å². The van der Waals surface area contributed by atoms with Crippen molar-refractivity contribution >= 4 is 66.3 Å². The summed E-state index contributed by atoms with van der Waals surface area (Å²) in [6, 6.07) is 3.33. The third kappa shape index (κ3) is 8.13. The fourth-order valence-corrected chi connectivity index (χ4v) is 4.34. The normalized spacial score (nSPS) is 10.9. The van der Waals surface area contributed by atoms with Gasteiger partial charge in [-0.25, -0.2) is 9.78 Å². The van der Waals surface area contributed by atoms with Gasteiger partial charge in [0, 0.05) is 19.0 Å². The highest BCUT2D eigenvalue weighted by Crippen LogP contribution is 2.28. The van der Waals surface area contributed by atoms with Crippen LogP contribution in [-0.2, 0) is 22.5 Å². The van der Waals surface area contributed by atoms with Gasteiger partial charge in [-0.1, -0.05) is 33.3 Å². The summed E-state index contributed by atoms with van der Waals surface area (Å²) in [6.07, 6.45) is 0.876. The average Bonchev–Trinajstić information content (AvgIpc) is 3.37. The summed E-state index contributed by atoms with van der Waals surface area (Å²) in [5.41, 5.74) is 1.47. The van der Waals surface area contributed by atoms with E-state index in [1.165, 1.54) is 11.3 Å². The first-order chi connectivity index (χ1) is 15.6. The number of halogens is 1. The smallest absolute Gasteiger partial charge is 0.410 e. The molecule has 3 N–H and O–H groups in total. The maximum absolute atomic E-state index is 12.8. The van der Waals surface area contributed by atoms with E-state index in [2.05, 4.69) is 31.2 Å². The molecule has 3 rings (SSSR count). The van der Waals surface area contributed by atoms with Gasteiger partial charge >= 0.3 is 11.0 Å². The minimum absolute atomic E-state index is 0.0353. The second-order valence-electron chi connectivity index (χ2n) is 7.83. The van der Waals surface area contributed by atoms with Crippen LogP contribution in [-0.4, -0.2) is 56.9 Å². The van der Waals surface area contributed by atoms with Gasteiger partial charge in [-0.15, -0.1) is 11.3 Å². The van der Waals surface area contributed by atoms with Crippen molar-refractivity contribution in [2.24, 2.45) is 0 Å². The number of amides is 1. The Labute approximate surface area is 207 Å². The van der Waals surface area contributed by atoms with Gasteiger partial charge < -0.3 is 29.8 Å². The van der Waals surface area contributed by atoms with Crippen LogP contribution in [0.1, 0.15) is 32.0 Å². The van der Waals surface area contributed by atoms with Gasteiger partial charge in [0.1, 0.15) is 23.2 Å². The first-order valence-electron chi connectivity index (χ1n) is 10.0. The number of benzene rings is 1. The molecule has 12 heteroatoms. The highest BCUT2D eigenvalue weighted by molar-refractivity contribution is 9.09. The number of hydrogen-bond donors (Lipinski definition) is 3. The quantitative estimate of drug-likeness (QED) is 0.290. The molecule has 0 radical (unpaired) electrons. The predicted octanol–water partition coefficient (Wildman–Crippen LogP) is 4.35. The van der Waals surface area contributed by atoms with Crippen LogP contribution in [0.5, 0.6) is 5.75 Å². The summed E-state index contributed by atoms with van der Waals surface area (Å²) in [4.78, 5) is 42.1. The number of ether oxygens (including phenoxy) is 1. The highest BCUT2D eigenvalue weighted by Gasteiger charge is 2.23. The molecule has 0 atom stereocenters. The number of carbonyl (C=O) groups excluding carboxylic acids is 2. The second-order valence-corrected chi connectivity index (χ2v) is 10.3. The van der Waals surface area contributed by atoms with Crippen LogP contribution < -0.4 is 10.2 Å². The van der Waals surface area contributed by atoms with Crippen LogP contribution in [0.2, 0.25) is 0 Å². The molecule has 3 aromatic rings. The van der Waals surface area contributed by atoms with Gasteiger partial charge in [-0.05, 0) is 38.8 Å². The monoisotopic (exact) mass is 558 g/mol. The number of aromatic hydroxyl groups is 1. The molecular formula is C21H27BrN4O5S2. The molecule has 33 heavy (non-hydrogen) atoms. The van der Waals surface area contributed by atoms with Crippen LogP contribution in [0.15, 0.2) is 22.3 Å². The van der Waals surface area contributed by atoms with E-state index in [0.29, 0.717) is 35.1 Å². The lowest BCUT2D eigenvalue weighted by atomic mass is 10.1. The fourth-order valence-electron chi connectivity index (χ4n) is 2.78. The molecule has 0 aliphatic heterocycles. The Kier molecular flexibility index (Phi) is 9.87. The van der Waals surface area contributed by atoms with Crippen LogP contribution >= 0.6 is 38.6 Å². The number of rotatable bonds is 7. The van der Waals surface area contributed by atoms with Crippen molar-refractivity contribution in [2.45, 2.75) is 39.3 Å². The van der Waals surface area contributed by atoms with Gasteiger partial charge in [0.05, 0.1) is 22.3 Å². The van der Waals surface area contributed by atoms with Crippen molar-refractivity contribution in [2.75, 3.05) is 24.2 Å². The summed E-state index contributed by atoms with van der Waals surface area (Å²) in [7, 11) is 1.80. The van der Waals surface area contributed by atoms with Crippen molar-refractivity contribution in [3.8, 4) is 5.75 Å². The Hall–Kier alpha value is -2.44. The lowest BCUT2D eigenvalue weighted by Gasteiger charge is -2.27. The van der Waals surface area contributed by atoms with Gasteiger partial charge in [-0.2, -0.15) is 0 Å². The van der Waals surface area contributed by atoms with E-state index >= 15 is 0 Å². The minimum atomic E-state index is -0.612. The van der Waals surface area contributed by atoms with Crippen LogP contribution in [0.25, 0.3) is 10.2 Å². The molecule has 0 unspecified atom stereocenters. The average molecular weight is 560 g/mol. The van der Waals surface area contributed by atoms with Crippen LogP contribution in [0.3, 0.4) is 0 Å². The number of anilines is 1. The molecule has 2 aromatic heterocycles. The van der Waals surface area contributed by atoms with Gasteiger partial charge in [0.25, 0.3) is 0 Å². The number of nitrogens with one attached hydrogen (secondary N) is 2. The predicted molar refractivity (Wildman–Crippen MR) is 136 cm³/mol. The summed E-state index contributed by atoms with van der Waals surface area (Å²) < 4.78 is 6.26. The Morgan fingerprint density at radius 1 is 1.39 bits per heavy atom. The second kappa shape index (κ2) is 12.1. The molecule has 180 valence electrons. The molecule has 0 fully saturated rings. The van der Waals surface area contributed by atoms with Crippen molar-refractivity contribution in [3.63, 3.8) is 0 Å². The number of aromatic nitrogens is 2. The molecule has 0 saturated carbocycles. The molecule has 0 spiro atoms. The Balaban J connectivity index is 0.000000890. The first kappa shape index (κ1) is 26.8. The molecule has 0 aliphatic rings. The summed E-state index contributed by atoms with van der Waals surface area (Å²) in [5.74, 6) is 0.0353. The number of aromatic amines is 1. The number of thiazole rings is 2. The molecule has 9 nitrogen and oxygen atoms in total. The molecular weight excluding hydrogens is 532 g/mol. The number of carbonyl (C=O) groups is 2. The summed E-state index contributed by atoms with van der Waals surface area (Å²) in [5, 5.41) is 16.1. The number of fused-ring (bicyclic) bond motifs is 1. The van der Waals surface area contributed by atoms with E-state index in [4.69, 9.17) is 9.53 Å². The molecule has 0 bridgehead atoms. The SMILES string of the molecule is CNc1nc(CN(CCc2ccc(O)c3[nH]c(=O)sc23)C(=O)OC(C)(C)C)cs1.O=CCBr. The topological polar surface area (TPSA) is 125 Å². The van der Waals surface area contributed by atoms with E-state index in [1.807, 2.05) is 26.2 Å². The number of nitrogens with zero attached hydrogens (tertiary/aromatic N) is 2. The van der Waals surface area contributed by atoms with E-state index in [1.54, 1.807) is 24.1 Å². The number of aldehydes is 1. The highest BCUT2D eigenvalue weighted by atomic mass is 79.9. The molecule has 1 amide bonds. The van der Waals surface area contributed by atoms with Crippen LogP contribution in [0, 0.1) is 0 Å². The molecule has 0 aliphatic carbocycles. The van der Waals surface area contributed by atoms with E-state index < -0.39 is 11.7 Å². The third-order valence-electron chi connectivity index (χ3n) is 4.12. The van der Waals surface area contributed by atoms with E-state index in [-0.39, 0.29) is 10.6 Å². The number of H-pyrrole nitrogens is 1. The Morgan fingerprint density at radius 3 is 2.67 bits per heavy atom. The number of alkyl halides is 1. The molecule has 1 aromatic carbocycles. The third-order valence-corrected chi connectivity index (χ3v) is 6.25. The Bertz CT molecular complexity index is 1140. The summed E-state index contributed by atoms with van der Waals surface area (Å²) >= 11 is 5.40. The largest absolute Gasteiger partial charge is 0.506 e. The van der Waals surface area contributed by atoms with Crippen molar-refractivity contribution < 1.29 is 19.4 Å². The fraction of sp³-hybridized carbons (Fsp3) is 0.429. The lowest BCUT2D eigenvalue weighted by Crippen LogP contribution is -2.37. The van der Waals surface area contributed by atoms with E-state index in [9.17, 15) is 14.7 Å². The number of hydrogen-bond acceptors (Lipinski definition) is 9. The van der Waals surface area contributed by atoms with Crippen molar-refractivity contribution in [1.82, 2.24) is 14.9 Å². The van der Waals surface area contributed by atoms with E-state index in [0.717, 1.165) is 34.0 Å². The molecule has 2 heterocycles. The number of phenols is 1. The van der Waals surface area contributed by atoms with Crippen LogP contribution in [0.4, 0.5) is 9.93 Å². The number of phenolic OH excluding ortho intramolecular Hbond substituents is 1. The first-order valence-corrected chi connectivity index (χ1v) is 12.8. The lowest BCUT2D eigenvalue weighted by molar-refractivity contribution is -0.105.